The van der Waals surface area contributed by atoms with Crippen LogP contribution in [0.5, 0.6) is 0 Å². The van der Waals surface area contributed by atoms with E-state index in [4.69, 9.17) is 19.9 Å². The van der Waals surface area contributed by atoms with Crippen molar-refractivity contribution in [1.82, 2.24) is 24.5 Å². The average molecular weight is 714 g/mol. The van der Waals surface area contributed by atoms with Gasteiger partial charge in [-0.1, -0.05) is 142 Å². The highest BCUT2D eigenvalue weighted by atomic mass is 32.1. The zero-order valence-electron chi connectivity index (χ0n) is 30.2. The van der Waals surface area contributed by atoms with Gasteiger partial charge in [-0.25, -0.2) is 15.0 Å². The predicted molar refractivity (Wildman–Crippen MR) is 225 cm³/mol. The first-order valence-electron chi connectivity index (χ1n) is 18.2. The second-order valence-corrected chi connectivity index (χ2v) is 15.8. The molecule has 54 heavy (non-hydrogen) atoms. The van der Waals surface area contributed by atoms with Gasteiger partial charge in [-0.15, -0.1) is 11.3 Å². The van der Waals surface area contributed by atoms with Gasteiger partial charge in [-0.05, 0) is 52.4 Å². The lowest BCUT2D eigenvalue weighted by atomic mass is 9.87. The Morgan fingerprint density at radius 1 is 0.500 bits per heavy atom. The van der Waals surface area contributed by atoms with Gasteiger partial charge in [0, 0.05) is 48.3 Å². The summed E-state index contributed by atoms with van der Waals surface area (Å²) in [5, 5.41) is 4.93. The van der Waals surface area contributed by atoms with Crippen LogP contribution in [-0.2, 0) is 5.41 Å². The zero-order chi connectivity index (χ0) is 36.4. The maximum Gasteiger partial charge on any atom is 0.184 e. The van der Waals surface area contributed by atoms with E-state index in [2.05, 4.69) is 141 Å². The number of pyridine rings is 1. The van der Waals surface area contributed by atoms with E-state index in [-0.39, 0.29) is 5.41 Å². The van der Waals surface area contributed by atoms with Gasteiger partial charge in [0.2, 0.25) is 0 Å². The van der Waals surface area contributed by atoms with Gasteiger partial charge in [0.1, 0.15) is 5.69 Å². The summed E-state index contributed by atoms with van der Waals surface area (Å²) in [5.74, 6) is 1.73. The molecular formula is C48H35N5S. The molecule has 0 aliphatic rings. The lowest BCUT2D eigenvalue weighted by Crippen LogP contribution is -2.10. The van der Waals surface area contributed by atoms with Crippen molar-refractivity contribution in [3.8, 4) is 51.1 Å². The van der Waals surface area contributed by atoms with Crippen LogP contribution >= 0.6 is 11.3 Å². The summed E-state index contributed by atoms with van der Waals surface area (Å²) in [4.78, 5) is 20.3. The highest BCUT2D eigenvalue weighted by molar-refractivity contribution is 7.26. The number of hydrogen-bond acceptors (Lipinski definition) is 5. The summed E-state index contributed by atoms with van der Waals surface area (Å²) in [5.41, 5.74) is 9.31. The van der Waals surface area contributed by atoms with Crippen molar-refractivity contribution in [2.75, 3.05) is 0 Å². The largest absolute Gasteiger partial charge is 0.307 e. The number of hydrogen-bond donors (Lipinski definition) is 0. The highest BCUT2D eigenvalue weighted by Crippen LogP contribution is 2.42. The summed E-state index contributed by atoms with van der Waals surface area (Å²) in [7, 11) is 0. The fourth-order valence-corrected chi connectivity index (χ4v) is 8.81. The molecule has 0 saturated heterocycles. The van der Waals surface area contributed by atoms with Gasteiger partial charge in [-0.3, -0.25) is 4.98 Å². The van der Waals surface area contributed by atoms with Crippen LogP contribution in [0.3, 0.4) is 0 Å². The summed E-state index contributed by atoms with van der Waals surface area (Å²) in [6.07, 6.45) is 1.82. The predicted octanol–water partition coefficient (Wildman–Crippen LogP) is 12.7. The number of aromatic nitrogens is 5. The molecule has 0 spiro atoms. The monoisotopic (exact) mass is 713 g/mol. The van der Waals surface area contributed by atoms with Crippen molar-refractivity contribution in [3.05, 3.63) is 163 Å². The van der Waals surface area contributed by atoms with Crippen molar-refractivity contribution >= 4 is 53.3 Å². The van der Waals surface area contributed by atoms with Gasteiger partial charge in [0.25, 0.3) is 0 Å². The van der Waals surface area contributed by atoms with Crippen LogP contribution in [0.15, 0.2) is 158 Å². The number of thiophene rings is 1. The molecule has 6 aromatic carbocycles. The van der Waals surface area contributed by atoms with E-state index < -0.39 is 0 Å². The molecule has 10 aromatic rings. The third-order valence-corrected chi connectivity index (χ3v) is 11.5. The first-order chi connectivity index (χ1) is 26.4. The Balaban J connectivity index is 1.20. The molecule has 0 aliphatic heterocycles. The van der Waals surface area contributed by atoms with E-state index in [1.165, 1.54) is 47.6 Å². The summed E-state index contributed by atoms with van der Waals surface area (Å²) < 4.78 is 4.92. The molecule has 0 radical (unpaired) electrons. The fourth-order valence-electron chi connectivity index (χ4n) is 7.57. The maximum atomic E-state index is 5.15. The Bertz CT molecular complexity index is 3020. The fraction of sp³-hybridized carbons (Fsp3) is 0.0833. The molecule has 0 fully saturated rings. The lowest BCUT2D eigenvalue weighted by molar-refractivity contribution is 0.590. The molecule has 0 bridgehead atoms. The molecular weight excluding hydrogens is 679 g/mol. The van der Waals surface area contributed by atoms with Crippen LogP contribution in [0, 0.1) is 0 Å². The summed E-state index contributed by atoms with van der Waals surface area (Å²) in [6, 6.07) is 53.6. The molecule has 4 heterocycles. The van der Waals surface area contributed by atoms with E-state index in [9.17, 15) is 0 Å². The second-order valence-electron chi connectivity index (χ2n) is 14.7. The van der Waals surface area contributed by atoms with Gasteiger partial charge in [0.05, 0.1) is 16.7 Å². The summed E-state index contributed by atoms with van der Waals surface area (Å²) >= 11 is 1.86. The maximum absolute atomic E-state index is 5.15. The molecule has 5 nitrogen and oxygen atoms in total. The Kier molecular flexibility index (Phi) is 7.49. The Hall–Kier alpha value is -6.50. The van der Waals surface area contributed by atoms with Crippen molar-refractivity contribution in [2.24, 2.45) is 0 Å². The van der Waals surface area contributed by atoms with Crippen LogP contribution in [-0.4, -0.2) is 24.5 Å². The molecule has 0 N–H and O–H groups in total. The van der Waals surface area contributed by atoms with Gasteiger partial charge in [-0.2, -0.15) is 0 Å². The van der Waals surface area contributed by atoms with Crippen LogP contribution in [0.2, 0.25) is 0 Å². The Labute approximate surface area is 317 Å². The van der Waals surface area contributed by atoms with E-state index in [0.717, 1.165) is 27.8 Å². The number of para-hydroxylation sites is 1. The van der Waals surface area contributed by atoms with E-state index >= 15 is 0 Å². The second kappa shape index (κ2) is 12.6. The minimum Gasteiger partial charge on any atom is -0.307 e. The van der Waals surface area contributed by atoms with Crippen molar-refractivity contribution in [1.29, 1.82) is 0 Å². The quantitative estimate of drug-likeness (QED) is 0.178. The summed E-state index contributed by atoms with van der Waals surface area (Å²) in [6.45, 7) is 6.67. The van der Waals surface area contributed by atoms with Gasteiger partial charge in [0.15, 0.2) is 17.5 Å². The number of rotatable bonds is 5. The number of fused-ring (bicyclic) bond motifs is 6. The van der Waals surface area contributed by atoms with Crippen LogP contribution in [0.25, 0.3) is 93.1 Å². The minimum absolute atomic E-state index is 0.0351. The number of nitrogens with zero attached hydrogens (tertiary/aromatic N) is 5. The number of benzene rings is 6. The van der Waals surface area contributed by atoms with Crippen molar-refractivity contribution in [2.45, 2.75) is 26.2 Å². The smallest absolute Gasteiger partial charge is 0.184 e. The molecule has 0 saturated carbocycles. The van der Waals surface area contributed by atoms with Gasteiger partial charge < -0.3 is 4.57 Å². The Morgan fingerprint density at radius 3 is 1.94 bits per heavy atom. The highest BCUT2D eigenvalue weighted by Gasteiger charge is 2.21. The first kappa shape index (κ1) is 32.2. The molecule has 4 aromatic heterocycles. The Morgan fingerprint density at radius 2 is 1.15 bits per heavy atom. The van der Waals surface area contributed by atoms with Crippen LogP contribution in [0.1, 0.15) is 26.3 Å². The third kappa shape index (κ3) is 5.37. The third-order valence-electron chi connectivity index (χ3n) is 10.3. The van der Waals surface area contributed by atoms with Crippen LogP contribution < -0.4 is 0 Å². The lowest BCUT2D eigenvalue weighted by Gasteiger charge is -2.19. The van der Waals surface area contributed by atoms with Crippen molar-refractivity contribution in [3.63, 3.8) is 0 Å². The molecule has 0 aliphatic carbocycles. The first-order valence-corrected chi connectivity index (χ1v) is 19.0. The standard InChI is InChI=1S/C48H35N5S/c1-48(2,3)33-25-22-31(23-26-33)46-50-45(30-13-5-4-6-14-30)51-47(52-46)43-40(20-12-28-49-43)53-39-19-9-7-15-35(39)36-27-24-32(29-41(36)53)34-17-11-18-38-37-16-8-10-21-42(37)54-44(34)38/h4-29H,1-3H3. The molecule has 10 rings (SSSR count). The van der Waals surface area contributed by atoms with E-state index in [1.54, 1.807) is 0 Å². The molecule has 0 amide bonds. The minimum atomic E-state index is 0.0351. The van der Waals surface area contributed by atoms with Crippen LogP contribution in [0.4, 0.5) is 0 Å². The van der Waals surface area contributed by atoms with E-state index in [0.29, 0.717) is 23.2 Å². The average Bonchev–Trinajstić information content (AvgIpc) is 3.76. The topological polar surface area (TPSA) is 56.5 Å². The molecule has 258 valence electrons. The van der Waals surface area contributed by atoms with E-state index in [1.807, 2.05) is 53.9 Å². The SMILES string of the molecule is CC(C)(C)c1ccc(-c2nc(-c3ccccc3)nc(-c3ncccc3-n3c4ccccc4c4ccc(-c5cccc6c5sc5ccccc56)cc43)n2)cc1. The molecule has 0 unspecified atom stereocenters. The normalized spacial score (nSPS) is 12.0. The zero-order valence-corrected chi connectivity index (χ0v) is 31.0. The van der Waals surface area contributed by atoms with Crippen molar-refractivity contribution < 1.29 is 0 Å². The molecule has 6 heteroatoms. The van der Waals surface area contributed by atoms with Gasteiger partial charge >= 0.3 is 0 Å². The molecule has 0 atom stereocenters.